The molecular formula is C29H25ClF2N2O4. The van der Waals surface area contributed by atoms with Gasteiger partial charge in [-0.15, -0.1) is 0 Å². The van der Waals surface area contributed by atoms with Crippen LogP contribution in [0.3, 0.4) is 0 Å². The van der Waals surface area contributed by atoms with Crippen LogP contribution in [-0.4, -0.2) is 36.6 Å². The fraction of sp³-hybridized carbons (Fsp3) is 0.241. The van der Waals surface area contributed by atoms with E-state index in [9.17, 15) is 9.18 Å². The summed E-state index contributed by atoms with van der Waals surface area (Å²) in [5.41, 5.74) is 2.70. The number of aryl methyl sites for hydroxylation is 1. The van der Waals surface area contributed by atoms with Gasteiger partial charge in [0.25, 0.3) is 0 Å². The molecule has 2 heterocycles. The lowest BCUT2D eigenvalue weighted by Gasteiger charge is -2.38. The summed E-state index contributed by atoms with van der Waals surface area (Å²) in [4.78, 5) is 19.8. The second-order valence-electron chi connectivity index (χ2n) is 8.99. The fourth-order valence-electron chi connectivity index (χ4n) is 4.88. The summed E-state index contributed by atoms with van der Waals surface area (Å²) >= 11 is 6.51. The van der Waals surface area contributed by atoms with Gasteiger partial charge in [-0.05, 0) is 66.9 Å². The molecule has 1 aliphatic rings. The summed E-state index contributed by atoms with van der Waals surface area (Å²) in [6.45, 7) is 2.02. The van der Waals surface area contributed by atoms with Gasteiger partial charge in [0, 0.05) is 22.7 Å². The van der Waals surface area contributed by atoms with Crippen molar-refractivity contribution in [3.05, 3.63) is 99.4 Å². The zero-order valence-electron chi connectivity index (χ0n) is 21.1. The first-order valence-corrected chi connectivity index (χ1v) is 12.4. The Morgan fingerprint density at radius 1 is 1.11 bits per heavy atom. The van der Waals surface area contributed by atoms with E-state index >= 15 is 4.39 Å². The number of ether oxygens (including phenoxy) is 2. The number of carbonyl (C=O) groups is 1. The van der Waals surface area contributed by atoms with Crippen molar-refractivity contribution in [1.82, 2.24) is 9.88 Å². The first-order valence-electron chi connectivity index (χ1n) is 12.0. The SMILES string of the molecule is COc1cc2c(cc1OC)[C@H](c1c(F)cccc1Cl)N(C(=O)Cc1nc(-c3cccc(F)c3)oc1C)CC2. The number of nitrogens with zero attached hydrogens (tertiary/aromatic N) is 2. The molecule has 196 valence electrons. The maximum Gasteiger partial charge on any atom is 0.229 e. The standard InChI is InChI=1S/C29H25ClF2N2O4/c1-16-23(33-29(38-16)18-6-4-7-19(31)12-18)15-26(35)34-11-10-17-13-24(36-2)25(37-3)14-20(17)28(34)27-21(30)8-5-9-22(27)32/h4-9,12-14,28H,10-11,15H2,1-3H3/t28-/m1/s1. The maximum atomic E-state index is 15.3. The number of halogens is 3. The third-order valence-corrected chi connectivity index (χ3v) is 7.08. The van der Waals surface area contributed by atoms with Crippen LogP contribution in [0.25, 0.3) is 11.5 Å². The number of oxazole rings is 1. The quantitative estimate of drug-likeness (QED) is 0.287. The van der Waals surface area contributed by atoms with E-state index in [1.165, 1.54) is 31.4 Å². The molecule has 0 spiro atoms. The lowest BCUT2D eigenvalue weighted by atomic mass is 9.87. The second-order valence-corrected chi connectivity index (χ2v) is 9.40. The lowest BCUT2D eigenvalue weighted by molar-refractivity contribution is -0.132. The number of benzene rings is 3. The third kappa shape index (κ3) is 4.72. The van der Waals surface area contributed by atoms with Gasteiger partial charge < -0.3 is 18.8 Å². The molecule has 1 aromatic heterocycles. The van der Waals surface area contributed by atoms with Crippen molar-refractivity contribution >= 4 is 17.5 Å². The minimum Gasteiger partial charge on any atom is -0.493 e. The zero-order valence-corrected chi connectivity index (χ0v) is 21.8. The van der Waals surface area contributed by atoms with Crippen LogP contribution in [0.4, 0.5) is 8.78 Å². The Balaban J connectivity index is 1.55. The molecule has 0 aliphatic carbocycles. The van der Waals surface area contributed by atoms with Crippen molar-refractivity contribution in [3.8, 4) is 23.0 Å². The van der Waals surface area contributed by atoms with E-state index in [0.717, 1.165) is 5.56 Å². The highest BCUT2D eigenvalue weighted by Crippen LogP contribution is 2.43. The van der Waals surface area contributed by atoms with Gasteiger partial charge in [0.2, 0.25) is 11.8 Å². The molecule has 3 aromatic carbocycles. The van der Waals surface area contributed by atoms with E-state index in [0.29, 0.717) is 47.0 Å². The summed E-state index contributed by atoms with van der Waals surface area (Å²) in [6.07, 6.45) is 0.437. The molecule has 0 bridgehead atoms. The van der Waals surface area contributed by atoms with E-state index in [-0.39, 0.29) is 28.8 Å². The Hall–Kier alpha value is -3.91. The van der Waals surface area contributed by atoms with Gasteiger partial charge in [0.05, 0.1) is 32.4 Å². The zero-order chi connectivity index (χ0) is 27.0. The first-order chi connectivity index (χ1) is 18.3. The third-order valence-electron chi connectivity index (χ3n) is 6.75. The summed E-state index contributed by atoms with van der Waals surface area (Å²) in [5.74, 6) is 0.462. The number of hydrogen-bond acceptors (Lipinski definition) is 5. The smallest absolute Gasteiger partial charge is 0.229 e. The number of fused-ring (bicyclic) bond motifs is 1. The summed E-state index contributed by atoms with van der Waals surface area (Å²) in [5, 5.41) is 0.210. The topological polar surface area (TPSA) is 64.8 Å². The number of aromatic nitrogens is 1. The average Bonchev–Trinajstić information content (AvgIpc) is 3.27. The molecule has 6 nitrogen and oxygen atoms in total. The van der Waals surface area contributed by atoms with Crippen LogP contribution < -0.4 is 9.47 Å². The van der Waals surface area contributed by atoms with Gasteiger partial charge in [-0.25, -0.2) is 13.8 Å². The van der Waals surface area contributed by atoms with Crippen LogP contribution in [0.2, 0.25) is 5.02 Å². The Labute approximate surface area is 223 Å². The fourth-order valence-corrected chi connectivity index (χ4v) is 5.15. The number of amides is 1. The van der Waals surface area contributed by atoms with Gasteiger partial charge in [-0.3, -0.25) is 4.79 Å². The number of hydrogen-bond donors (Lipinski definition) is 0. The van der Waals surface area contributed by atoms with Gasteiger partial charge in [0.15, 0.2) is 11.5 Å². The highest BCUT2D eigenvalue weighted by molar-refractivity contribution is 6.31. The second kappa shape index (κ2) is 10.5. The molecule has 38 heavy (non-hydrogen) atoms. The van der Waals surface area contributed by atoms with Crippen molar-refractivity contribution in [1.29, 1.82) is 0 Å². The van der Waals surface area contributed by atoms with E-state index in [1.54, 1.807) is 43.2 Å². The Bertz CT molecular complexity index is 1500. The Kier molecular flexibility index (Phi) is 7.08. The summed E-state index contributed by atoms with van der Waals surface area (Å²) in [6, 6.07) is 13.2. The molecule has 1 aliphatic heterocycles. The largest absolute Gasteiger partial charge is 0.493 e. The summed E-state index contributed by atoms with van der Waals surface area (Å²) < 4.78 is 45.7. The van der Waals surface area contributed by atoms with E-state index in [2.05, 4.69) is 4.98 Å². The predicted octanol–water partition coefficient (Wildman–Crippen LogP) is 6.32. The van der Waals surface area contributed by atoms with Crippen molar-refractivity contribution < 1.29 is 27.5 Å². The Morgan fingerprint density at radius 3 is 2.55 bits per heavy atom. The molecule has 0 fully saturated rings. The Morgan fingerprint density at radius 2 is 1.84 bits per heavy atom. The molecule has 0 saturated heterocycles. The monoisotopic (exact) mass is 538 g/mol. The van der Waals surface area contributed by atoms with E-state index in [4.69, 9.17) is 25.5 Å². The molecule has 0 radical (unpaired) electrons. The van der Waals surface area contributed by atoms with E-state index < -0.39 is 17.7 Å². The molecule has 5 rings (SSSR count). The number of carbonyl (C=O) groups excluding carboxylic acids is 1. The number of methoxy groups -OCH3 is 2. The molecule has 0 N–H and O–H groups in total. The normalized spacial score (nSPS) is 14.8. The van der Waals surface area contributed by atoms with Crippen molar-refractivity contribution in [2.75, 3.05) is 20.8 Å². The average molecular weight is 539 g/mol. The van der Waals surface area contributed by atoms with Crippen LogP contribution in [0, 0.1) is 18.6 Å². The van der Waals surface area contributed by atoms with Gasteiger partial charge in [0.1, 0.15) is 17.4 Å². The van der Waals surface area contributed by atoms with Gasteiger partial charge in [-0.2, -0.15) is 0 Å². The molecule has 1 amide bonds. The van der Waals surface area contributed by atoms with Crippen LogP contribution in [0.15, 0.2) is 59.0 Å². The van der Waals surface area contributed by atoms with Crippen molar-refractivity contribution in [2.24, 2.45) is 0 Å². The first kappa shape index (κ1) is 25.7. The number of rotatable bonds is 6. The highest BCUT2D eigenvalue weighted by Gasteiger charge is 2.36. The van der Waals surface area contributed by atoms with Crippen LogP contribution in [0.1, 0.15) is 34.2 Å². The van der Waals surface area contributed by atoms with E-state index in [1.807, 2.05) is 6.07 Å². The molecule has 0 unspecified atom stereocenters. The van der Waals surface area contributed by atoms with Crippen LogP contribution in [-0.2, 0) is 17.6 Å². The van der Waals surface area contributed by atoms with Crippen LogP contribution >= 0.6 is 11.6 Å². The predicted molar refractivity (Wildman–Crippen MR) is 139 cm³/mol. The highest BCUT2D eigenvalue weighted by atomic mass is 35.5. The minimum atomic E-state index is -0.797. The van der Waals surface area contributed by atoms with Crippen LogP contribution in [0.5, 0.6) is 11.5 Å². The molecule has 4 aromatic rings. The van der Waals surface area contributed by atoms with Gasteiger partial charge in [-0.1, -0.05) is 23.7 Å². The minimum absolute atomic E-state index is 0.0875. The molecule has 0 saturated carbocycles. The molecular weight excluding hydrogens is 514 g/mol. The summed E-state index contributed by atoms with van der Waals surface area (Å²) in [7, 11) is 3.07. The van der Waals surface area contributed by atoms with Gasteiger partial charge >= 0.3 is 0 Å². The molecule has 1 atom stereocenters. The van der Waals surface area contributed by atoms with Crippen molar-refractivity contribution in [2.45, 2.75) is 25.8 Å². The van der Waals surface area contributed by atoms with Crippen molar-refractivity contribution in [3.63, 3.8) is 0 Å². The molecule has 9 heteroatoms. The maximum absolute atomic E-state index is 15.3. The lowest BCUT2D eigenvalue weighted by Crippen LogP contribution is -2.42.